The molecule has 1 heterocycles. The first-order chi connectivity index (χ1) is 16.0. The van der Waals surface area contributed by atoms with E-state index in [2.05, 4.69) is 11.4 Å². The predicted octanol–water partition coefficient (Wildman–Crippen LogP) is 3.33. The van der Waals surface area contributed by atoms with E-state index in [0.29, 0.717) is 25.1 Å². The van der Waals surface area contributed by atoms with Crippen molar-refractivity contribution >= 4 is 29.5 Å². The minimum absolute atomic E-state index is 0.0546. The van der Waals surface area contributed by atoms with E-state index in [1.54, 1.807) is 55.7 Å². The normalized spacial score (nSPS) is 22.2. The van der Waals surface area contributed by atoms with E-state index in [0.717, 1.165) is 25.0 Å². The summed E-state index contributed by atoms with van der Waals surface area (Å²) in [4.78, 5) is 41.5. The number of nitrogens with two attached hydrogens (primary N) is 1. The summed E-state index contributed by atoms with van der Waals surface area (Å²) >= 11 is 1.61. The number of ketones is 1. The summed E-state index contributed by atoms with van der Waals surface area (Å²) in [5, 5.41) is 12.0. The van der Waals surface area contributed by atoms with Crippen LogP contribution < -0.4 is 11.1 Å². The average molecular weight is 491 g/mol. The number of nitrogens with zero attached hydrogens (tertiary/aromatic N) is 2. The number of likely N-dealkylation sites (tertiary alicyclic amines) is 1. The van der Waals surface area contributed by atoms with Gasteiger partial charge in [-0.15, -0.1) is 0 Å². The van der Waals surface area contributed by atoms with Crippen molar-refractivity contribution in [2.45, 2.75) is 77.0 Å². The van der Waals surface area contributed by atoms with Crippen molar-refractivity contribution in [2.75, 3.05) is 25.1 Å². The number of amides is 2. The Balaban J connectivity index is 2.36. The van der Waals surface area contributed by atoms with Gasteiger partial charge >= 0.3 is 6.09 Å². The minimum Gasteiger partial charge on any atom is -0.444 e. The largest absolute Gasteiger partial charge is 0.444 e. The Hall–Kier alpha value is -2.31. The Morgan fingerprint density at radius 1 is 1.29 bits per heavy atom. The number of nitriles is 1. The number of nitrogens with one attached hydrogen (secondary N) is 1. The molecule has 0 spiro atoms. The van der Waals surface area contributed by atoms with Crippen molar-refractivity contribution in [3.8, 4) is 6.07 Å². The van der Waals surface area contributed by atoms with Gasteiger partial charge in [0.05, 0.1) is 17.5 Å². The molecule has 34 heavy (non-hydrogen) atoms. The number of Topliss-reactive ketones (excluding diaryl/α,β-unsaturated/α-hetero) is 1. The van der Waals surface area contributed by atoms with Gasteiger partial charge in [-0.3, -0.25) is 9.59 Å². The fraction of sp³-hybridized carbons (Fsp3) is 0.680. The number of carbonyl (C=O) groups excluding carboxylic acids is 3. The maximum Gasteiger partial charge on any atom is 0.408 e. The third-order valence-electron chi connectivity index (χ3n) is 6.08. The zero-order chi connectivity index (χ0) is 25.4. The van der Waals surface area contributed by atoms with E-state index in [4.69, 9.17) is 10.5 Å². The van der Waals surface area contributed by atoms with Gasteiger partial charge in [0.2, 0.25) is 5.91 Å². The molecule has 0 aromatic rings. The minimum atomic E-state index is -1.09. The number of piperidine rings is 1. The average Bonchev–Trinajstić information content (AvgIpc) is 2.81. The molecule has 0 bridgehead atoms. The molecule has 8 nitrogen and oxygen atoms in total. The SMILES string of the molecule is CSCC[C@H](N)C(=O)C1(CC(NC(=O)OC(C)(C)C)C(=O)N2CCCCC2)C=CC(C#N)=CC1. The van der Waals surface area contributed by atoms with E-state index >= 15 is 0 Å². The maximum absolute atomic E-state index is 13.6. The first-order valence-corrected chi connectivity index (χ1v) is 13.3. The second-order valence-corrected chi connectivity index (χ2v) is 11.0. The van der Waals surface area contributed by atoms with Crippen LogP contribution in [0.3, 0.4) is 0 Å². The van der Waals surface area contributed by atoms with Crippen LogP contribution in [0, 0.1) is 16.7 Å². The number of ether oxygens (including phenoxy) is 1. The fourth-order valence-electron chi connectivity index (χ4n) is 4.29. The molecule has 1 aliphatic carbocycles. The number of rotatable bonds is 9. The van der Waals surface area contributed by atoms with Crippen LogP contribution in [-0.2, 0) is 14.3 Å². The number of alkyl carbamates (subject to hydrolysis) is 1. The van der Waals surface area contributed by atoms with Crippen molar-refractivity contribution in [1.82, 2.24) is 10.2 Å². The quantitative estimate of drug-likeness (QED) is 0.508. The van der Waals surface area contributed by atoms with Gasteiger partial charge in [-0.25, -0.2) is 4.79 Å². The Kier molecular flexibility index (Phi) is 10.2. The van der Waals surface area contributed by atoms with E-state index in [1.807, 2.05) is 6.26 Å². The standard InChI is InChI=1S/C25H38N4O4S/c1-24(2,3)33-23(32)28-20(22(31)29-13-6-5-7-14-29)16-25(11-8-18(17-26)9-12-25)21(30)19(27)10-15-34-4/h8-9,11,19-20H,5-7,10,12-16,27H2,1-4H3,(H,28,32)/t19-,20?,25?/m0/s1. The zero-order valence-corrected chi connectivity index (χ0v) is 21.6. The molecule has 0 radical (unpaired) electrons. The smallest absolute Gasteiger partial charge is 0.408 e. The highest BCUT2D eigenvalue weighted by Gasteiger charge is 2.44. The van der Waals surface area contributed by atoms with Crippen molar-refractivity contribution < 1.29 is 19.1 Å². The molecular formula is C25H38N4O4S. The first-order valence-electron chi connectivity index (χ1n) is 11.9. The van der Waals surface area contributed by atoms with Crippen LogP contribution in [0.15, 0.2) is 23.8 Å². The summed E-state index contributed by atoms with van der Waals surface area (Å²) in [5.41, 5.74) is 4.91. The third-order valence-corrected chi connectivity index (χ3v) is 6.73. The highest BCUT2D eigenvalue weighted by Crippen LogP contribution is 2.37. The highest BCUT2D eigenvalue weighted by atomic mass is 32.2. The van der Waals surface area contributed by atoms with Gasteiger partial charge in [0.1, 0.15) is 11.6 Å². The van der Waals surface area contributed by atoms with Crippen molar-refractivity contribution in [1.29, 1.82) is 5.26 Å². The Morgan fingerprint density at radius 2 is 1.97 bits per heavy atom. The zero-order valence-electron chi connectivity index (χ0n) is 20.8. The second kappa shape index (κ2) is 12.4. The van der Waals surface area contributed by atoms with E-state index in [9.17, 15) is 19.6 Å². The number of hydrogen-bond acceptors (Lipinski definition) is 7. The molecular weight excluding hydrogens is 452 g/mol. The summed E-state index contributed by atoms with van der Waals surface area (Å²) in [6.07, 6.45) is 9.94. The lowest BCUT2D eigenvalue weighted by Gasteiger charge is -2.38. The van der Waals surface area contributed by atoms with Crippen molar-refractivity contribution in [2.24, 2.45) is 11.1 Å². The molecule has 1 saturated heterocycles. The summed E-state index contributed by atoms with van der Waals surface area (Å²) in [5.74, 6) is 0.325. The van der Waals surface area contributed by atoms with Crippen LogP contribution in [0.1, 0.15) is 59.3 Å². The number of hydrogen-bond donors (Lipinski definition) is 2. The van der Waals surface area contributed by atoms with Gasteiger partial charge < -0.3 is 20.7 Å². The van der Waals surface area contributed by atoms with Gasteiger partial charge in [-0.05, 0) is 77.4 Å². The van der Waals surface area contributed by atoms with Crippen molar-refractivity contribution in [3.63, 3.8) is 0 Å². The predicted molar refractivity (Wildman–Crippen MR) is 134 cm³/mol. The van der Waals surface area contributed by atoms with Gasteiger partial charge in [0.25, 0.3) is 0 Å². The molecule has 2 aliphatic rings. The van der Waals surface area contributed by atoms with Gasteiger partial charge in [-0.2, -0.15) is 17.0 Å². The van der Waals surface area contributed by atoms with Crippen molar-refractivity contribution in [3.05, 3.63) is 23.8 Å². The molecule has 9 heteroatoms. The molecule has 0 aromatic carbocycles. The molecule has 1 aliphatic heterocycles. The molecule has 2 unspecified atom stereocenters. The number of allylic oxidation sites excluding steroid dienone is 4. The Bertz CT molecular complexity index is 852. The number of thioether (sulfide) groups is 1. The second-order valence-electron chi connectivity index (χ2n) is 10.0. The molecule has 0 saturated carbocycles. The maximum atomic E-state index is 13.6. The summed E-state index contributed by atoms with van der Waals surface area (Å²) < 4.78 is 5.42. The molecule has 2 rings (SSSR count). The lowest BCUT2D eigenvalue weighted by Crippen LogP contribution is -2.55. The van der Waals surface area contributed by atoms with Crippen LogP contribution >= 0.6 is 11.8 Å². The molecule has 3 atom stereocenters. The van der Waals surface area contributed by atoms with Crippen LogP contribution in [0.5, 0.6) is 0 Å². The van der Waals surface area contributed by atoms with Gasteiger partial charge in [0.15, 0.2) is 5.78 Å². The molecule has 188 valence electrons. The van der Waals surface area contributed by atoms with E-state index in [1.165, 1.54) is 0 Å². The molecule has 0 aromatic heterocycles. The van der Waals surface area contributed by atoms with Gasteiger partial charge in [-0.1, -0.05) is 12.2 Å². The Labute approximate surface area is 207 Å². The molecule has 1 fully saturated rings. The van der Waals surface area contributed by atoms with E-state index in [-0.39, 0.29) is 24.5 Å². The van der Waals surface area contributed by atoms with Crippen LogP contribution in [-0.4, -0.2) is 65.5 Å². The Morgan fingerprint density at radius 3 is 2.50 bits per heavy atom. The monoisotopic (exact) mass is 490 g/mol. The van der Waals surface area contributed by atoms with Crippen LogP contribution in [0.25, 0.3) is 0 Å². The molecule has 2 amide bonds. The van der Waals surface area contributed by atoms with Crippen LogP contribution in [0.4, 0.5) is 4.79 Å². The first kappa shape index (κ1) is 27.9. The van der Waals surface area contributed by atoms with E-state index < -0.39 is 29.2 Å². The third kappa shape index (κ3) is 7.88. The summed E-state index contributed by atoms with van der Waals surface area (Å²) in [6.45, 7) is 6.49. The summed E-state index contributed by atoms with van der Waals surface area (Å²) in [6, 6.07) is 0.434. The summed E-state index contributed by atoms with van der Waals surface area (Å²) in [7, 11) is 0. The number of carbonyl (C=O) groups is 3. The van der Waals surface area contributed by atoms with Gasteiger partial charge in [0, 0.05) is 18.7 Å². The highest BCUT2D eigenvalue weighted by molar-refractivity contribution is 7.98. The fourth-order valence-corrected chi connectivity index (χ4v) is 4.78. The topological polar surface area (TPSA) is 126 Å². The lowest BCUT2D eigenvalue weighted by molar-refractivity contribution is -0.136. The lowest BCUT2D eigenvalue weighted by atomic mass is 9.70. The molecule has 3 N–H and O–H groups in total. The van der Waals surface area contributed by atoms with Crippen LogP contribution in [0.2, 0.25) is 0 Å².